The molecule has 0 unspecified atom stereocenters. The van der Waals surface area contributed by atoms with Crippen molar-refractivity contribution in [2.75, 3.05) is 23.9 Å². The van der Waals surface area contributed by atoms with Gasteiger partial charge in [0.1, 0.15) is 10.8 Å². The SMILES string of the molecule is CCCc1nnc(NC(=O)[C@@H]2CC(=O)N(c3cc(Cl)ccc3OC)C2)s1. The lowest BCUT2D eigenvalue weighted by atomic mass is 10.1. The number of anilines is 2. The topological polar surface area (TPSA) is 84.4 Å². The van der Waals surface area contributed by atoms with Crippen LogP contribution in [0.4, 0.5) is 10.8 Å². The Balaban J connectivity index is 1.71. The average molecular weight is 395 g/mol. The zero-order chi connectivity index (χ0) is 18.7. The second kappa shape index (κ2) is 8.01. The number of ether oxygens (including phenoxy) is 1. The molecule has 2 aromatic rings. The van der Waals surface area contributed by atoms with Crippen LogP contribution in [-0.2, 0) is 16.0 Å². The average Bonchev–Trinajstić information content (AvgIpc) is 3.21. The normalized spacial score (nSPS) is 16.8. The highest BCUT2D eigenvalue weighted by Gasteiger charge is 2.36. The predicted octanol–water partition coefficient (Wildman–Crippen LogP) is 3.14. The molecule has 26 heavy (non-hydrogen) atoms. The molecule has 1 saturated heterocycles. The molecule has 1 aliphatic rings. The van der Waals surface area contributed by atoms with Gasteiger partial charge < -0.3 is 15.0 Å². The van der Waals surface area contributed by atoms with E-state index in [0.717, 1.165) is 17.8 Å². The van der Waals surface area contributed by atoms with Gasteiger partial charge in [0.15, 0.2) is 0 Å². The van der Waals surface area contributed by atoms with Crippen molar-refractivity contribution in [3.05, 3.63) is 28.2 Å². The third-order valence-corrected chi connectivity index (χ3v) is 5.22. The number of amides is 2. The maximum atomic E-state index is 12.5. The maximum Gasteiger partial charge on any atom is 0.231 e. The van der Waals surface area contributed by atoms with E-state index in [1.165, 1.54) is 23.3 Å². The number of hydrogen-bond acceptors (Lipinski definition) is 6. The van der Waals surface area contributed by atoms with Gasteiger partial charge in [-0.15, -0.1) is 10.2 Å². The summed E-state index contributed by atoms with van der Waals surface area (Å²) in [6.45, 7) is 2.32. The summed E-state index contributed by atoms with van der Waals surface area (Å²) in [6.07, 6.45) is 1.93. The van der Waals surface area contributed by atoms with Crippen LogP contribution in [0.3, 0.4) is 0 Å². The van der Waals surface area contributed by atoms with Gasteiger partial charge in [-0.25, -0.2) is 0 Å². The Morgan fingerprint density at radius 3 is 3.00 bits per heavy atom. The number of hydrogen-bond donors (Lipinski definition) is 1. The van der Waals surface area contributed by atoms with Gasteiger partial charge in [0.25, 0.3) is 0 Å². The number of nitrogens with zero attached hydrogens (tertiary/aromatic N) is 3. The number of rotatable bonds is 6. The quantitative estimate of drug-likeness (QED) is 0.813. The summed E-state index contributed by atoms with van der Waals surface area (Å²) in [7, 11) is 1.53. The number of halogens is 1. The summed E-state index contributed by atoms with van der Waals surface area (Å²) < 4.78 is 5.31. The number of carbonyl (C=O) groups excluding carboxylic acids is 2. The smallest absolute Gasteiger partial charge is 0.231 e. The molecule has 1 aromatic heterocycles. The predicted molar refractivity (Wildman–Crippen MR) is 101 cm³/mol. The lowest BCUT2D eigenvalue weighted by Gasteiger charge is -2.19. The van der Waals surface area contributed by atoms with E-state index >= 15 is 0 Å². The fourth-order valence-corrected chi connectivity index (χ4v) is 3.83. The summed E-state index contributed by atoms with van der Waals surface area (Å²) in [6, 6.07) is 5.06. The van der Waals surface area contributed by atoms with Crippen LogP contribution in [0.5, 0.6) is 5.75 Å². The molecule has 3 rings (SSSR count). The van der Waals surface area contributed by atoms with Crippen LogP contribution >= 0.6 is 22.9 Å². The molecular formula is C17H19ClN4O3S. The van der Waals surface area contributed by atoms with Gasteiger partial charge >= 0.3 is 0 Å². The van der Waals surface area contributed by atoms with Gasteiger partial charge in [0, 0.05) is 24.4 Å². The third kappa shape index (κ3) is 3.96. The Bertz CT molecular complexity index is 826. The molecule has 1 atom stereocenters. The van der Waals surface area contributed by atoms with Crippen molar-refractivity contribution in [1.29, 1.82) is 0 Å². The van der Waals surface area contributed by atoms with Gasteiger partial charge in [0.2, 0.25) is 16.9 Å². The molecule has 1 N–H and O–H groups in total. The molecule has 7 nitrogen and oxygen atoms in total. The van der Waals surface area contributed by atoms with Crippen molar-refractivity contribution >= 4 is 45.6 Å². The van der Waals surface area contributed by atoms with Crippen LogP contribution in [0, 0.1) is 5.92 Å². The van der Waals surface area contributed by atoms with E-state index in [9.17, 15) is 9.59 Å². The molecule has 138 valence electrons. The molecule has 1 fully saturated rings. The van der Waals surface area contributed by atoms with Gasteiger partial charge in [0.05, 0.1) is 18.7 Å². The van der Waals surface area contributed by atoms with Crippen molar-refractivity contribution in [2.24, 2.45) is 5.92 Å². The van der Waals surface area contributed by atoms with Gasteiger partial charge in [-0.2, -0.15) is 0 Å². The van der Waals surface area contributed by atoms with Crippen molar-refractivity contribution < 1.29 is 14.3 Å². The minimum absolute atomic E-state index is 0.127. The van der Waals surface area contributed by atoms with Gasteiger partial charge in [-0.1, -0.05) is 29.9 Å². The van der Waals surface area contributed by atoms with E-state index in [4.69, 9.17) is 16.3 Å². The number of aryl methyl sites for hydroxylation is 1. The standard InChI is InChI=1S/C17H19ClN4O3S/c1-3-4-14-20-21-17(26-14)19-16(24)10-7-15(23)22(9-10)12-8-11(18)5-6-13(12)25-2/h5-6,8,10H,3-4,7,9H2,1-2H3,(H,19,21,24)/t10-/m1/s1. The summed E-state index contributed by atoms with van der Waals surface area (Å²) in [5.41, 5.74) is 0.571. The highest BCUT2D eigenvalue weighted by Crippen LogP contribution is 2.35. The van der Waals surface area contributed by atoms with Gasteiger partial charge in [-0.05, 0) is 24.6 Å². The fraction of sp³-hybridized carbons (Fsp3) is 0.412. The van der Waals surface area contributed by atoms with Crippen LogP contribution < -0.4 is 15.0 Å². The number of benzene rings is 1. The highest BCUT2D eigenvalue weighted by atomic mass is 35.5. The molecule has 1 aliphatic heterocycles. The Hall–Kier alpha value is -2.19. The van der Waals surface area contributed by atoms with E-state index in [-0.39, 0.29) is 24.8 Å². The first-order chi connectivity index (χ1) is 12.5. The summed E-state index contributed by atoms with van der Waals surface area (Å²) in [5, 5.41) is 12.6. The molecule has 0 spiro atoms. The molecule has 0 bridgehead atoms. The van der Waals surface area contributed by atoms with Crippen LogP contribution in [0.2, 0.25) is 5.02 Å². The lowest BCUT2D eigenvalue weighted by Crippen LogP contribution is -2.28. The number of methoxy groups -OCH3 is 1. The maximum absolute atomic E-state index is 12.5. The first kappa shape index (κ1) is 18.6. The van der Waals surface area contributed by atoms with Crippen LogP contribution in [0.25, 0.3) is 0 Å². The number of carbonyl (C=O) groups is 2. The molecule has 0 aliphatic carbocycles. The second-order valence-corrected chi connectivity index (χ2v) is 7.46. The Labute approximate surface area is 160 Å². The van der Waals surface area contributed by atoms with E-state index in [1.54, 1.807) is 18.2 Å². The minimum atomic E-state index is -0.468. The molecule has 1 aromatic carbocycles. The number of nitrogens with one attached hydrogen (secondary N) is 1. The molecule has 9 heteroatoms. The van der Waals surface area contributed by atoms with Crippen LogP contribution in [0.15, 0.2) is 18.2 Å². The monoisotopic (exact) mass is 394 g/mol. The van der Waals surface area contributed by atoms with Gasteiger partial charge in [-0.3, -0.25) is 9.59 Å². The van der Waals surface area contributed by atoms with Crippen LogP contribution in [-0.4, -0.2) is 35.7 Å². The molecule has 0 radical (unpaired) electrons. The Morgan fingerprint density at radius 1 is 1.46 bits per heavy atom. The largest absolute Gasteiger partial charge is 0.495 e. The number of aromatic nitrogens is 2. The fourth-order valence-electron chi connectivity index (χ4n) is 2.82. The first-order valence-electron chi connectivity index (χ1n) is 8.29. The highest BCUT2D eigenvalue weighted by molar-refractivity contribution is 7.15. The second-order valence-electron chi connectivity index (χ2n) is 5.96. The summed E-state index contributed by atoms with van der Waals surface area (Å²) in [4.78, 5) is 26.5. The zero-order valence-electron chi connectivity index (χ0n) is 14.5. The van der Waals surface area contributed by atoms with E-state index in [1.807, 2.05) is 0 Å². The van der Waals surface area contributed by atoms with E-state index in [0.29, 0.717) is 21.6 Å². The molecule has 0 saturated carbocycles. The van der Waals surface area contributed by atoms with Crippen molar-refractivity contribution in [1.82, 2.24) is 10.2 Å². The van der Waals surface area contributed by atoms with E-state index in [2.05, 4.69) is 22.4 Å². The Morgan fingerprint density at radius 2 is 2.27 bits per heavy atom. The zero-order valence-corrected chi connectivity index (χ0v) is 16.1. The van der Waals surface area contributed by atoms with Crippen molar-refractivity contribution in [3.8, 4) is 5.75 Å². The Kier molecular flexibility index (Phi) is 5.73. The third-order valence-electron chi connectivity index (χ3n) is 4.09. The van der Waals surface area contributed by atoms with Crippen molar-refractivity contribution in [3.63, 3.8) is 0 Å². The molecule has 2 amide bonds. The molecule has 2 heterocycles. The van der Waals surface area contributed by atoms with Crippen LogP contribution in [0.1, 0.15) is 24.8 Å². The van der Waals surface area contributed by atoms with Crippen molar-refractivity contribution in [2.45, 2.75) is 26.2 Å². The first-order valence-corrected chi connectivity index (χ1v) is 9.48. The lowest BCUT2D eigenvalue weighted by molar-refractivity contribution is -0.122. The molecular weight excluding hydrogens is 376 g/mol. The summed E-state index contributed by atoms with van der Waals surface area (Å²) >= 11 is 7.41. The minimum Gasteiger partial charge on any atom is -0.495 e. The van der Waals surface area contributed by atoms with E-state index < -0.39 is 5.92 Å². The summed E-state index contributed by atoms with van der Waals surface area (Å²) in [5.74, 6) is -0.308.